The highest BCUT2D eigenvalue weighted by Gasteiger charge is 2.08. The van der Waals surface area contributed by atoms with E-state index in [2.05, 4.69) is 33.0 Å². The molecule has 0 saturated heterocycles. The highest BCUT2D eigenvalue weighted by Crippen LogP contribution is 1.99. The molecule has 0 bridgehead atoms. The average molecular weight is 303 g/mol. The van der Waals surface area contributed by atoms with Gasteiger partial charge in [-0.1, -0.05) is 53.4 Å². The molecule has 0 heterocycles. The van der Waals surface area contributed by atoms with Crippen molar-refractivity contribution in [1.82, 2.24) is 10.2 Å². The van der Waals surface area contributed by atoms with Crippen molar-refractivity contribution in [2.45, 2.75) is 79.1 Å². The molecule has 128 valence electrons. The molecule has 0 unspecified atom stereocenters. The summed E-state index contributed by atoms with van der Waals surface area (Å²) in [5, 5.41) is 12.1. The summed E-state index contributed by atoms with van der Waals surface area (Å²) >= 11 is 0. The van der Waals surface area contributed by atoms with Crippen LogP contribution in [-0.4, -0.2) is 42.3 Å². The van der Waals surface area contributed by atoms with Gasteiger partial charge in [0.2, 0.25) is 0 Å². The van der Waals surface area contributed by atoms with Crippen molar-refractivity contribution in [3.63, 3.8) is 0 Å². The van der Waals surface area contributed by atoms with Crippen molar-refractivity contribution in [2.24, 2.45) is 0 Å². The van der Waals surface area contributed by atoms with Crippen LogP contribution < -0.4 is 5.32 Å². The van der Waals surface area contributed by atoms with Crippen LogP contribution in [0, 0.1) is 0 Å². The fourth-order valence-corrected chi connectivity index (χ4v) is 1.73. The molecule has 0 atom stereocenters. The van der Waals surface area contributed by atoms with Gasteiger partial charge in [0.05, 0.1) is 0 Å². The van der Waals surface area contributed by atoms with E-state index in [0.29, 0.717) is 13.1 Å². The molecular formula is C17H38N2O2. The van der Waals surface area contributed by atoms with Crippen molar-refractivity contribution in [3.05, 3.63) is 0 Å². The predicted octanol–water partition coefficient (Wildman–Crippen LogP) is 4.74. The maximum Gasteiger partial charge on any atom is 0.407 e. The SMILES string of the molecule is CCCCN(CCCC)C(=O)O.CCCCNCCCC. The van der Waals surface area contributed by atoms with Gasteiger partial charge in [0.25, 0.3) is 0 Å². The highest BCUT2D eigenvalue weighted by atomic mass is 16.4. The molecular weight excluding hydrogens is 264 g/mol. The molecule has 0 fully saturated rings. The van der Waals surface area contributed by atoms with E-state index in [9.17, 15) is 4.79 Å². The van der Waals surface area contributed by atoms with E-state index >= 15 is 0 Å². The second kappa shape index (κ2) is 19.2. The molecule has 0 rings (SSSR count). The lowest BCUT2D eigenvalue weighted by Gasteiger charge is -2.17. The number of hydrogen-bond donors (Lipinski definition) is 2. The van der Waals surface area contributed by atoms with Gasteiger partial charge in [0.15, 0.2) is 0 Å². The lowest BCUT2D eigenvalue weighted by Crippen LogP contribution is -2.31. The van der Waals surface area contributed by atoms with Crippen LogP contribution in [0.4, 0.5) is 4.79 Å². The lowest BCUT2D eigenvalue weighted by atomic mass is 10.3. The third kappa shape index (κ3) is 19.2. The summed E-state index contributed by atoms with van der Waals surface area (Å²) in [5.74, 6) is 0. The van der Waals surface area contributed by atoms with Crippen LogP contribution >= 0.6 is 0 Å². The van der Waals surface area contributed by atoms with E-state index in [1.807, 2.05) is 0 Å². The highest BCUT2D eigenvalue weighted by molar-refractivity contribution is 5.64. The normalized spacial score (nSPS) is 9.90. The molecule has 1 amide bonds. The lowest BCUT2D eigenvalue weighted by molar-refractivity contribution is 0.143. The summed E-state index contributed by atoms with van der Waals surface area (Å²) in [6.45, 7) is 12.4. The van der Waals surface area contributed by atoms with Crippen LogP contribution in [0.2, 0.25) is 0 Å². The Kier molecular flexibility index (Phi) is 20.6. The standard InChI is InChI=1S/C9H19NO2.C8H19N/c1-3-5-7-10(9(11)12)8-6-4-2;1-3-5-7-9-8-6-4-2/h3-8H2,1-2H3,(H,11,12);9H,3-8H2,1-2H3. The monoisotopic (exact) mass is 302 g/mol. The molecule has 0 aromatic carbocycles. The van der Waals surface area contributed by atoms with Gasteiger partial charge < -0.3 is 15.3 Å². The zero-order chi connectivity index (χ0) is 16.3. The summed E-state index contributed by atoms with van der Waals surface area (Å²) in [6, 6.07) is 0. The van der Waals surface area contributed by atoms with Crippen LogP contribution in [-0.2, 0) is 0 Å². The molecule has 4 heteroatoms. The van der Waals surface area contributed by atoms with Crippen LogP contribution in [0.5, 0.6) is 0 Å². The van der Waals surface area contributed by atoms with Crippen molar-refractivity contribution >= 4 is 6.09 Å². The van der Waals surface area contributed by atoms with Crippen LogP contribution in [0.25, 0.3) is 0 Å². The Labute approximate surface area is 132 Å². The van der Waals surface area contributed by atoms with E-state index in [0.717, 1.165) is 25.7 Å². The van der Waals surface area contributed by atoms with E-state index in [1.165, 1.54) is 43.7 Å². The van der Waals surface area contributed by atoms with Gasteiger partial charge in [0.1, 0.15) is 0 Å². The smallest absolute Gasteiger partial charge is 0.407 e. The number of nitrogens with one attached hydrogen (secondary N) is 1. The molecule has 21 heavy (non-hydrogen) atoms. The Balaban J connectivity index is 0. The van der Waals surface area contributed by atoms with Crippen molar-refractivity contribution in [2.75, 3.05) is 26.2 Å². The van der Waals surface area contributed by atoms with Gasteiger partial charge in [-0.2, -0.15) is 0 Å². The maximum atomic E-state index is 10.6. The summed E-state index contributed by atoms with van der Waals surface area (Å²) in [7, 11) is 0. The number of carboxylic acid groups (broad SMARTS) is 1. The summed E-state index contributed by atoms with van der Waals surface area (Å²) in [6.07, 6.45) is 8.51. The van der Waals surface area contributed by atoms with Gasteiger partial charge >= 0.3 is 6.09 Å². The first-order valence-electron chi connectivity index (χ1n) is 8.82. The molecule has 0 radical (unpaired) electrons. The fraction of sp³-hybridized carbons (Fsp3) is 0.941. The van der Waals surface area contributed by atoms with Crippen molar-refractivity contribution < 1.29 is 9.90 Å². The van der Waals surface area contributed by atoms with Gasteiger partial charge in [-0.3, -0.25) is 0 Å². The summed E-state index contributed by atoms with van der Waals surface area (Å²) in [4.78, 5) is 12.1. The van der Waals surface area contributed by atoms with E-state index in [-0.39, 0.29) is 0 Å². The zero-order valence-corrected chi connectivity index (χ0v) is 14.8. The topological polar surface area (TPSA) is 52.6 Å². The fourth-order valence-electron chi connectivity index (χ4n) is 1.73. The first-order chi connectivity index (χ1) is 10.1. The predicted molar refractivity (Wildman–Crippen MR) is 92.1 cm³/mol. The third-order valence-electron chi connectivity index (χ3n) is 3.25. The molecule has 0 aliphatic heterocycles. The molecule has 0 spiro atoms. The minimum atomic E-state index is -0.781. The average Bonchev–Trinajstić information content (AvgIpc) is 2.47. The molecule has 0 aromatic heterocycles. The van der Waals surface area contributed by atoms with Gasteiger partial charge in [-0.05, 0) is 38.8 Å². The maximum absolute atomic E-state index is 10.6. The summed E-state index contributed by atoms with van der Waals surface area (Å²) < 4.78 is 0. The van der Waals surface area contributed by atoms with Gasteiger partial charge in [0, 0.05) is 13.1 Å². The second-order valence-electron chi connectivity index (χ2n) is 5.43. The molecule has 0 aromatic rings. The Morgan fingerprint density at radius 1 is 0.810 bits per heavy atom. The largest absolute Gasteiger partial charge is 0.465 e. The number of amides is 1. The van der Waals surface area contributed by atoms with Crippen LogP contribution in [0.15, 0.2) is 0 Å². The Bertz CT molecular complexity index is 197. The van der Waals surface area contributed by atoms with Crippen LogP contribution in [0.3, 0.4) is 0 Å². The Morgan fingerprint density at radius 2 is 1.19 bits per heavy atom. The number of nitrogens with zero attached hydrogens (tertiary/aromatic N) is 1. The zero-order valence-electron chi connectivity index (χ0n) is 14.8. The third-order valence-corrected chi connectivity index (χ3v) is 3.25. The van der Waals surface area contributed by atoms with E-state index in [4.69, 9.17) is 5.11 Å². The van der Waals surface area contributed by atoms with Crippen molar-refractivity contribution in [3.8, 4) is 0 Å². The Morgan fingerprint density at radius 3 is 1.48 bits per heavy atom. The first kappa shape index (κ1) is 22.5. The first-order valence-corrected chi connectivity index (χ1v) is 8.82. The van der Waals surface area contributed by atoms with E-state index < -0.39 is 6.09 Å². The van der Waals surface area contributed by atoms with Crippen molar-refractivity contribution in [1.29, 1.82) is 0 Å². The minimum absolute atomic E-state index is 0.686. The molecule has 4 nitrogen and oxygen atoms in total. The quantitative estimate of drug-likeness (QED) is 0.512. The Hall–Kier alpha value is -0.770. The number of rotatable bonds is 12. The van der Waals surface area contributed by atoms with Gasteiger partial charge in [-0.15, -0.1) is 0 Å². The summed E-state index contributed by atoms with van der Waals surface area (Å²) in [5.41, 5.74) is 0. The number of carbonyl (C=O) groups is 1. The molecule has 0 aliphatic rings. The molecule has 0 aliphatic carbocycles. The van der Waals surface area contributed by atoms with E-state index in [1.54, 1.807) is 0 Å². The molecule has 2 N–H and O–H groups in total. The number of unbranched alkanes of at least 4 members (excludes halogenated alkanes) is 4. The molecule has 0 saturated carbocycles. The minimum Gasteiger partial charge on any atom is -0.465 e. The number of hydrogen-bond acceptors (Lipinski definition) is 2. The van der Waals surface area contributed by atoms with Crippen LogP contribution in [0.1, 0.15) is 79.1 Å². The van der Waals surface area contributed by atoms with Gasteiger partial charge in [-0.25, -0.2) is 4.79 Å². The second-order valence-corrected chi connectivity index (χ2v) is 5.43.